The summed E-state index contributed by atoms with van der Waals surface area (Å²) in [5.74, 6) is -0.756. The molecule has 0 atom stereocenters. The standard InChI is InChI=1S/C25H20Cl2F3N3O2S2/c1-3-4-19-13(2)21-22(37-19)32-24(33(23(21)35)16-8-5-14(26)6-9-16)36-12-20(34)31-15-7-10-18(27)17(11-15)25(28,29)30/h5-11H,3-4,12H2,1-2H3,(H,31,34). The van der Waals surface area contributed by atoms with Crippen molar-refractivity contribution in [1.82, 2.24) is 9.55 Å². The highest BCUT2D eigenvalue weighted by atomic mass is 35.5. The molecule has 0 bridgehead atoms. The first-order valence-electron chi connectivity index (χ1n) is 11.1. The summed E-state index contributed by atoms with van der Waals surface area (Å²) in [6.45, 7) is 3.96. The lowest BCUT2D eigenvalue weighted by Crippen LogP contribution is -2.23. The van der Waals surface area contributed by atoms with Crippen LogP contribution < -0.4 is 10.9 Å². The number of benzene rings is 2. The maximum Gasteiger partial charge on any atom is 0.417 e. The Kier molecular flexibility index (Phi) is 8.23. The first-order chi connectivity index (χ1) is 17.5. The number of thiophene rings is 1. The Balaban J connectivity index is 1.67. The Labute approximate surface area is 228 Å². The van der Waals surface area contributed by atoms with E-state index in [9.17, 15) is 22.8 Å². The van der Waals surface area contributed by atoms with Crippen LogP contribution in [-0.2, 0) is 17.4 Å². The number of thioether (sulfide) groups is 1. The van der Waals surface area contributed by atoms with Crippen LogP contribution in [0.3, 0.4) is 0 Å². The van der Waals surface area contributed by atoms with Gasteiger partial charge in [-0.3, -0.25) is 14.2 Å². The van der Waals surface area contributed by atoms with Gasteiger partial charge in [-0.15, -0.1) is 11.3 Å². The van der Waals surface area contributed by atoms with Crippen LogP contribution in [-0.4, -0.2) is 21.2 Å². The Hall–Kier alpha value is -2.53. The van der Waals surface area contributed by atoms with Crippen LogP contribution in [0.5, 0.6) is 0 Å². The maximum atomic E-state index is 13.6. The predicted octanol–water partition coefficient (Wildman–Crippen LogP) is 7.76. The number of nitrogens with one attached hydrogen (secondary N) is 1. The van der Waals surface area contributed by atoms with Crippen molar-refractivity contribution in [3.05, 3.63) is 78.9 Å². The number of nitrogens with zero attached hydrogens (tertiary/aromatic N) is 2. The maximum absolute atomic E-state index is 13.6. The molecule has 2 aromatic heterocycles. The largest absolute Gasteiger partial charge is 0.417 e. The first-order valence-corrected chi connectivity index (χ1v) is 13.7. The number of amides is 1. The van der Waals surface area contributed by atoms with Gasteiger partial charge in [-0.05, 0) is 61.4 Å². The van der Waals surface area contributed by atoms with Gasteiger partial charge in [0.25, 0.3) is 5.56 Å². The summed E-state index contributed by atoms with van der Waals surface area (Å²) in [6.07, 6.45) is -2.92. The lowest BCUT2D eigenvalue weighted by molar-refractivity contribution is -0.137. The zero-order valence-electron chi connectivity index (χ0n) is 19.6. The molecule has 5 nitrogen and oxygen atoms in total. The van der Waals surface area contributed by atoms with Gasteiger partial charge >= 0.3 is 6.18 Å². The van der Waals surface area contributed by atoms with Crippen LogP contribution in [0.1, 0.15) is 29.3 Å². The second kappa shape index (κ2) is 11.1. The molecule has 0 saturated heterocycles. The Morgan fingerprint density at radius 2 is 1.86 bits per heavy atom. The lowest BCUT2D eigenvalue weighted by atomic mass is 10.1. The summed E-state index contributed by atoms with van der Waals surface area (Å²) < 4.78 is 40.9. The fourth-order valence-electron chi connectivity index (χ4n) is 3.74. The Morgan fingerprint density at radius 3 is 2.51 bits per heavy atom. The third-order valence-electron chi connectivity index (χ3n) is 5.48. The van der Waals surface area contributed by atoms with Gasteiger partial charge < -0.3 is 5.32 Å². The van der Waals surface area contributed by atoms with E-state index in [0.29, 0.717) is 20.9 Å². The number of anilines is 1. The first kappa shape index (κ1) is 27.5. The molecule has 194 valence electrons. The molecular formula is C25H20Cl2F3N3O2S2. The molecule has 0 unspecified atom stereocenters. The van der Waals surface area contributed by atoms with E-state index < -0.39 is 22.7 Å². The van der Waals surface area contributed by atoms with E-state index in [1.165, 1.54) is 22.0 Å². The fourth-order valence-corrected chi connectivity index (χ4v) is 6.22. The molecule has 12 heteroatoms. The zero-order valence-corrected chi connectivity index (χ0v) is 22.7. The average molecular weight is 586 g/mol. The highest BCUT2D eigenvalue weighted by molar-refractivity contribution is 7.99. The van der Waals surface area contributed by atoms with Crippen molar-refractivity contribution in [2.75, 3.05) is 11.1 Å². The molecule has 4 rings (SSSR count). The molecule has 0 aliphatic heterocycles. The number of hydrogen-bond acceptors (Lipinski definition) is 5. The van der Waals surface area contributed by atoms with Gasteiger partial charge in [0.2, 0.25) is 5.91 Å². The number of alkyl halides is 3. The van der Waals surface area contributed by atoms with Crippen LogP contribution in [0.2, 0.25) is 10.0 Å². The third-order valence-corrected chi connectivity index (χ3v) is 8.25. The monoisotopic (exact) mass is 585 g/mol. The minimum absolute atomic E-state index is 0.0427. The number of carbonyl (C=O) groups excluding carboxylic acids is 1. The molecule has 0 radical (unpaired) electrons. The van der Waals surface area contributed by atoms with Crippen molar-refractivity contribution in [1.29, 1.82) is 0 Å². The van der Waals surface area contributed by atoms with Crippen LogP contribution in [0.25, 0.3) is 15.9 Å². The molecule has 4 aromatic rings. The van der Waals surface area contributed by atoms with Crippen LogP contribution >= 0.6 is 46.3 Å². The van der Waals surface area contributed by atoms with E-state index in [1.54, 1.807) is 24.3 Å². The van der Waals surface area contributed by atoms with Crippen molar-refractivity contribution in [3.63, 3.8) is 0 Å². The van der Waals surface area contributed by atoms with E-state index in [2.05, 4.69) is 12.2 Å². The van der Waals surface area contributed by atoms with E-state index in [-0.39, 0.29) is 22.2 Å². The van der Waals surface area contributed by atoms with E-state index in [4.69, 9.17) is 28.2 Å². The zero-order chi connectivity index (χ0) is 26.9. The average Bonchev–Trinajstić information content (AvgIpc) is 3.14. The van der Waals surface area contributed by atoms with Gasteiger partial charge in [-0.25, -0.2) is 4.98 Å². The minimum Gasteiger partial charge on any atom is -0.325 e. The number of aryl methyl sites for hydroxylation is 2. The van der Waals surface area contributed by atoms with Crippen LogP contribution in [0, 0.1) is 6.92 Å². The van der Waals surface area contributed by atoms with Gasteiger partial charge in [0.15, 0.2) is 5.16 Å². The molecule has 0 aliphatic rings. The molecule has 0 aliphatic carbocycles. The minimum atomic E-state index is -4.66. The van der Waals surface area contributed by atoms with E-state index >= 15 is 0 Å². The van der Waals surface area contributed by atoms with E-state index in [0.717, 1.165) is 47.2 Å². The van der Waals surface area contributed by atoms with Gasteiger partial charge in [-0.1, -0.05) is 48.3 Å². The molecular weight excluding hydrogens is 566 g/mol. The van der Waals surface area contributed by atoms with Crippen molar-refractivity contribution in [2.45, 2.75) is 38.0 Å². The molecule has 0 spiro atoms. The molecule has 1 N–H and O–H groups in total. The fraction of sp³-hybridized carbons (Fsp3) is 0.240. The molecule has 0 fully saturated rings. The van der Waals surface area contributed by atoms with Gasteiger partial charge in [-0.2, -0.15) is 13.2 Å². The molecule has 0 saturated carbocycles. The summed E-state index contributed by atoms with van der Waals surface area (Å²) in [6, 6.07) is 9.81. The third kappa shape index (κ3) is 5.98. The number of fused-ring (bicyclic) bond motifs is 1. The highest BCUT2D eigenvalue weighted by Gasteiger charge is 2.33. The quantitative estimate of drug-likeness (QED) is 0.178. The SMILES string of the molecule is CCCc1sc2nc(SCC(=O)Nc3ccc(Cl)c(C(F)(F)F)c3)n(-c3ccc(Cl)cc3)c(=O)c2c1C. The Morgan fingerprint density at radius 1 is 1.16 bits per heavy atom. The van der Waals surface area contributed by atoms with Crippen molar-refractivity contribution < 1.29 is 18.0 Å². The smallest absolute Gasteiger partial charge is 0.325 e. The number of carbonyl (C=O) groups is 1. The second-order valence-corrected chi connectivity index (χ2v) is 11.0. The lowest BCUT2D eigenvalue weighted by Gasteiger charge is -2.13. The normalized spacial score (nSPS) is 11.8. The molecule has 2 heterocycles. The summed E-state index contributed by atoms with van der Waals surface area (Å²) in [5, 5.41) is 3.30. The number of aromatic nitrogens is 2. The summed E-state index contributed by atoms with van der Waals surface area (Å²) in [5.41, 5.74) is 0.0680. The van der Waals surface area contributed by atoms with Crippen LogP contribution in [0.15, 0.2) is 52.4 Å². The summed E-state index contributed by atoms with van der Waals surface area (Å²) in [7, 11) is 0. The summed E-state index contributed by atoms with van der Waals surface area (Å²) in [4.78, 5) is 32.6. The highest BCUT2D eigenvalue weighted by Crippen LogP contribution is 2.36. The molecule has 2 aromatic carbocycles. The molecule has 37 heavy (non-hydrogen) atoms. The number of halogens is 5. The molecule has 1 amide bonds. The topological polar surface area (TPSA) is 64.0 Å². The van der Waals surface area contributed by atoms with E-state index in [1.807, 2.05) is 6.92 Å². The van der Waals surface area contributed by atoms with Crippen molar-refractivity contribution in [2.24, 2.45) is 0 Å². The number of rotatable bonds is 7. The van der Waals surface area contributed by atoms with Crippen molar-refractivity contribution >= 4 is 68.1 Å². The summed E-state index contributed by atoms with van der Waals surface area (Å²) >= 11 is 14.1. The Bertz CT molecular complexity index is 1530. The second-order valence-electron chi connectivity index (χ2n) is 8.12. The van der Waals surface area contributed by atoms with Gasteiger partial charge in [0.1, 0.15) is 4.83 Å². The van der Waals surface area contributed by atoms with Crippen LogP contribution in [0.4, 0.5) is 18.9 Å². The predicted molar refractivity (Wildman–Crippen MR) is 145 cm³/mol. The number of hydrogen-bond donors (Lipinski definition) is 1. The van der Waals surface area contributed by atoms with Gasteiger partial charge in [0, 0.05) is 15.6 Å². The van der Waals surface area contributed by atoms with Gasteiger partial charge in [0.05, 0.1) is 27.4 Å². The van der Waals surface area contributed by atoms with Crippen molar-refractivity contribution in [3.8, 4) is 5.69 Å².